The number of isocyanates is 2. The van der Waals surface area contributed by atoms with E-state index < -0.39 is 0 Å². The van der Waals surface area contributed by atoms with Crippen molar-refractivity contribution in [2.45, 2.75) is 0 Å². The summed E-state index contributed by atoms with van der Waals surface area (Å²) in [5, 5.41) is 10.8. The van der Waals surface area contributed by atoms with Crippen molar-refractivity contribution in [3.8, 4) is 0 Å². The minimum absolute atomic E-state index is 0. The van der Waals surface area contributed by atoms with E-state index in [4.69, 9.17) is 20.4 Å². The predicted molar refractivity (Wildman–Crippen MR) is 32.2 cm³/mol. The lowest BCUT2D eigenvalue weighted by atomic mass is 11.7. The van der Waals surface area contributed by atoms with Crippen LogP contribution in [0.25, 0.3) is 0 Å². The van der Waals surface area contributed by atoms with Gasteiger partial charge in [-0.25, -0.2) is 20.4 Å². The third-order valence-electron chi connectivity index (χ3n) is 0. The van der Waals surface area contributed by atoms with E-state index in [0.29, 0.717) is 0 Å². The zero-order chi connectivity index (χ0) is 5.41. The molecule has 0 unspecified atom stereocenters. The lowest BCUT2D eigenvalue weighted by Crippen LogP contribution is -1.16. The molecule has 0 rings (SSSR count). The van der Waals surface area contributed by atoms with Crippen LogP contribution in [0.5, 0.6) is 0 Å². The average Bonchev–Trinajstić information content (AvgIpc) is 1.39. The number of hydrogen-bond donors (Lipinski definition) is 2. The van der Waals surface area contributed by atoms with E-state index in [-0.39, 0.29) is 24.0 Å². The minimum Gasteiger partial charge on any atom is -0.222 e. The fourth-order valence-electron chi connectivity index (χ4n) is 0. The van der Waals surface area contributed by atoms with Gasteiger partial charge in [-0.2, -0.15) is 0 Å². The van der Waals surface area contributed by atoms with Crippen LogP contribution in [-0.2, 0) is 9.59 Å². The van der Waals surface area contributed by atoms with Crippen molar-refractivity contribution in [3.05, 3.63) is 0 Å². The standard InChI is InChI=1S/2CHNO.HI/c2*2-1-3;/h2*2H;1H. The quantitative estimate of drug-likeness (QED) is 0.348. The van der Waals surface area contributed by atoms with Gasteiger partial charge in [0, 0.05) is 0 Å². The molecule has 5 heteroatoms. The maximum absolute atomic E-state index is 8.35. The second kappa shape index (κ2) is 49.9. The molecule has 0 saturated heterocycles. The molecule has 0 aliphatic heterocycles. The zero-order valence-corrected chi connectivity index (χ0v) is 5.56. The summed E-state index contributed by atoms with van der Waals surface area (Å²) in [5.74, 6) is 0. The van der Waals surface area contributed by atoms with Crippen LogP contribution in [0.15, 0.2) is 0 Å². The highest BCUT2D eigenvalue weighted by Gasteiger charge is 1.04. The maximum Gasteiger partial charge on any atom is 0.231 e. The number of rotatable bonds is 0. The second-order valence-corrected chi connectivity index (χ2v) is 0.204. The first-order valence-electron chi connectivity index (χ1n) is 0.908. The SMILES string of the molecule is I.N=C=O.N=C=O. The molecule has 4 nitrogen and oxygen atoms in total. The molecular formula is C2H3IN2O2. The lowest BCUT2D eigenvalue weighted by Gasteiger charge is -1.02. The summed E-state index contributed by atoms with van der Waals surface area (Å²) >= 11 is 0. The van der Waals surface area contributed by atoms with Gasteiger partial charge in [0.2, 0.25) is 12.2 Å². The van der Waals surface area contributed by atoms with E-state index >= 15 is 0 Å². The summed E-state index contributed by atoms with van der Waals surface area (Å²) in [4.78, 5) is 16.7. The van der Waals surface area contributed by atoms with E-state index in [0.717, 1.165) is 12.2 Å². The molecule has 0 aromatic heterocycles. The first-order valence-corrected chi connectivity index (χ1v) is 0.908. The molecule has 0 aromatic rings. The molecule has 40 valence electrons. The van der Waals surface area contributed by atoms with Gasteiger partial charge in [-0.3, -0.25) is 0 Å². The molecule has 7 heavy (non-hydrogen) atoms. The van der Waals surface area contributed by atoms with Crippen LogP contribution in [0.2, 0.25) is 0 Å². The number of halogens is 1. The lowest BCUT2D eigenvalue weighted by molar-refractivity contribution is 0.562. The van der Waals surface area contributed by atoms with Crippen molar-refractivity contribution in [2.24, 2.45) is 0 Å². The Kier molecular flexibility index (Phi) is 114. The van der Waals surface area contributed by atoms with Gasteiger partial charge in [-0.15, -0.1) is 24.0 Å². The Morgan fingerprint density at radius 1 is 1.00 bits per heavy atom. The van der Waals surface area contributed by atoms with Crippen molar-refractivity contribution >= 4 is 36.1 Å². The second-order valence-electron chi connectivity index (χ2n) is 0.204. The largest absolute Gasteiger partial charge is 0.231 e. The van der Waals surface area contributed by atoms with Crippen LogP contribution < -0.4 is 0 Å². The Balaban J connectivity index is -0.0000000400. The highest BCUT2D eigenvalue weighted by atomic mass is 127. The fraction of sp³-hybridized carbons (Fsp3) is 0. The Labute approximate surface area is 56.9 Å². The highest BCUT2D eigenvalue weighted by Crippen LogP contribution is 0.886. The number of nitrogens with one attached hydrogen (secondary N) is 2. The summed E-state index contributed by atoms with van der Waals surface area (Å²) in [5.41, 5.74) is 0. The molecule has 0 amide bonds. The molecule has 0 aliphatic carbocycles. The maximum atomic E-state index is 8.35. The summed E-state index contributed by atoms with van der Waals surface area (Å²) in [6.07, 6.45) is 1.50. The summed E-state index contributed by atoms with van der Waals surface area (Å²) in [6.45, 7) is 0. The number of carbonyl (C=O) groups excluding carboxylic acids is 2. The van der Waals surface area contributed by atoms with Crippen LogP contribution in [0.3, 0.4) is 0 Å². The van der Waals surface area contributed by atoms with Crippen LogP contribution in [-0.4, -0.2) is 12.2 Å². The number of hydrogen-bond acceptors (Lipinski definition) is 4. The third-order valence-corrected chi connectivity index (χ3v) is 0. The molecule has 0 saturated carbocycles. The molecule has 0 aromatic carbocycles. The van der Waals surface area contributed by atoms with Crippen LogP contribution in [0, 0.1) is 10.8 Å². The molecule has 0 bridgehead atoms. The molecule has 2 N–H and O–H groups in total. The molecule has 0 fully saturated rings. The molecule has 0 aliphatic rings. The van der Waals surface area contributed by atoms with Gasteiger partial charge < -0.3 is 0 Å². The van der Waals surface area contributed by atoms with Crippen molar-refractivity contribution in [2.75, 3.05) is 0 Å². The minimum atomic E-state index is 0. The van der Waals surface area contributed by atoms with Crippen LogP contribution in [0.4, 0.5) is 0 Å². The summed E-state index contributed by atoms with van der Waals surface area (Å²) in [7, 11) is 0. The van der Waals surface area contributed by atoms with Crippen molar-refractivity contribution in [3.63, 3.8) is 0 Å². The van der Waals surface area contributed by atoms with Gasteiger partial charge in [0.15, 0.2) is 0 Å². The average molecular weight is 214 g/mol. The Bertz CT molecular complexity index is 67.7. The highest BCUT2D eigenvalue weighted by molar-refractivity contribution is 14.0. The fourth-order valence-corrected chi connectivity index (χ4v) is 0. The molecule has 0 heterocycles. The van der Waals surface area contributed by atoms with Gasteiger partial charge >= 0.3 is 0 Å². The smallest absolute Gasteiger partial charge is 0.222 e. The molecule has 0 radical (unpaired) electrons. The van der Waals surface area contributed by atoms with Crippen LogP contribution in [0.1, 0.15) is 0 Å². The van der Waals surface area contributed by atoms with Gasteiger partial charge in [0.25, 0.3) is 0 Å². The van der Waals surface area contributed by atoms with E-state index in [9.17, 15) is 0 Å². The van der Waals surface area contributed by atoms with Gasteiger partial charge in [0.05, 0.1) is 0 Å². The van der Waals surface area contributed by atoms with Crippen molar-refractivity contribution < 1.29 is 9.59 Å². The summed E-state index contributed by atoms with van der Waals surface area (Å²) < 4.78 is 0. The van der Waals surface area contributed by atoms with Crippen molar-refractivity contribution in [1.82, 2.24) is 0 Å². The van der Waals surface area contributed by atoms with Crippen molar-refractivity contribution in [1.29, 1.82) is 10.8 Å². The van der Waals surface area contributed by atoms with E-state index in [1.807, 2.05) is 0 Å². The summed E-state index contributed by atoms with van der Waals surface area (Å²) in [6, 6.07) is 0. The van der Waals surface area contributed by atoms with Gasteiger partial charge in [-0.1, -0.05) is 0 Å². The first-order chi connectivity index (χ1) is 2.83. The van der Waals surface area contributed by atoms with E-state index in [1.165, 1.54) is 0 Å². The topological polar surface area (TPSA) is 81.8 Å². The Hall–Kier alpha value is -0.510. The molecule has 0 spiro atoms. The Morgan fingerprint density at radius 2 is 1.00 bits per heavy atom. The van der Waals surface area contributed by atoms with Gasteiger partial charge in [0.1, 0.15) is 0 Å². The van der Waals surface area contributed by atoms with Crippen LogP contribution >= 0.6 is 24.0 Å². The Morgan fingerprint density at radius 3 is 1.00 bits per heavy atom. The third kappa shape index (κ3) is 257. The van der Waals surface area contributed by atoms with E-state index in [1.54, 1.807) is 0 Å². The monoisotopic (exact) mass is 214 g/mol. The molecule has 0 atom stereocenters. The zero-order valence-electron chi connectivity index (χ0n) is 3.22. The molecular weight excluding hydrogens is 211 g/mol. The van der Waals surface area contributed by atoms with Gasteiger partial charge in [-0.05, 0) is 0 Å². The first kappa shape index (κ1) is 16.1. The normalized spacial score (nSPS) is 2.29. The van der Waals surface area contributed by atoms with E-state index in [2.05, 4.69) is 0 Å². The predicted octanol–water partition coefficient (Wildman–Crippen LogP) is 0.420.